The summed E-state index contributed by atoms with van der Waals surface area (Å²) in [6, 6.07) is 12.7. The molecule has 34 heavy (non-hydrogen) atoms. The predicted octanol–water partition coefficient (Wildman–Crippen LogP) is 4.09. The standard InChI is InChI=1S/C26H29ClN2O5/c1-3-33-23-12-16(8-10-22(23)32-2)15-28-25(30)18-9-11-21-20(13-18)29-26(31)24(34-21)14-17-6-4-5-7-19(17)27/h4-8,10,12,14,18,20-21H,3,9,11,13,15H2,1-2H3,(H,28,30)(H,29,31)/b24-14-. The molecule has 0 spiro atoms. The fraction of sp³-hybridized carbons (Fsp3) is 0.385. The van der Waals surface area contributed by atoms with Crippen molar-refractivity contribution < 1.29 is 23.8 Å². The SMILES string of the molecule is CCOc1cc(CNC(=O)C2CCC3O/C(=C\c4ccccc4Cl)C(=O)NC3C2)ccc1OC. The zero-order valence-electron chi connectivity index (χ0n) is 19.3. The molecule has 3 unspecified atom stereocenters. The maximum atomic E-state index is 12.9. The molecule has 1 saturated heterocycles. The summed E-state index contributed by atoms with van der Waals surface area (Å²) in [5, 5.41) is 6.58. The Labute approximate surface area is 204 Å². The molecule has 0 aromatic heterocycles. The third-order valence-electron chi connectivity index (χ3n) is 6.16. The summed E-state index contributed by atoms with van der Waals surface area (Å²) in [4.78, 5) is 25.5. The van der Waals surface area contributed by atoms with Crippen LogP contribution in [0.15, 0.2) is 48.2 Å². The first-order valence-corrected chi connectivity index (χ1v) is 11.9. The second-order valence-corrected chi connectivity index (χ2v) is 8.82. The highest BCUT2D eigenvalue weighted by Crippen LogP contribution is 2.32. The van der Waals surface area contributed by atoms with Crippen molar-refractivity contribution in [1.82, 2.24) is 10.6 Å². The Balaban J connectivity index is 1.34. The van der Waals surface area contributed by atoms with Gasteiger partial charge in [0.15, 0.2) is 17.3 Å². The molecule has 1 heterocycles. The smallest absolute Gasteiger partial charge is 0.286 e. The second-order valence-electron chi connectivity index (χ2n) is 8.41. The van der Waals surface area contributed by atoms with Crippen LogP contribution in [0.3, 0.4) is 0 Å². The minimum Gasteiger partial charge on any atom is -0.493 e. The number of amides is 2. The van der Waals surface area contributed by atoms with Crippen molar-refractivity contribution in [1.29, 1.82) is 0 Å². The molecule has 2 aromatic carbocycles. The zero-order chi connectivity index (χ0) is 24.1. The summed E-state index contributed by atoms with van der Waals surface area (Å²) in [6.07, 6.45) is 3.41. The minimum atomic E-state index is -0.288. The van der Waals surface area contributed by atoms with Gasteiger partial charge < -0.3 is 24.8 Å². The van der Waals surface area contributed by atoms with Crippen LogP contribution < -0.4 is 20.1 Å². The van der Waals surface area contributed by atoms with Gasteiger partial charge in [-0.2, -0.15) is 0 Å². The van der Waals surface area contributed by atoms with Crippen LogP contribution in [0.4, 0.5) is 0 Å². The van der Waals surface area contributed by atoms with Crippen molar-refractivity contribution in [2.45, 2.75) is 44.9 Å². The molecule has 2 N–H and O–H groups in total. The molecule has 8 heteroatoms. The van der Waals surface area contributed by atoms with Crippen LogP contribution in [0.2, 0.25) is 5.02 Å². The molecule has 1 aliphatic carbocycles. The van der Waals surface area contributed by atoms with E-state index in [2.05, 4.69) is 10.6 Å². The van der Waals surface area contributed by atoms with Gasteiger partial charge in [0.2, 0.25) is 5.91 Å². The number of nitrogens with one attached hydrogen (secondary N) is 2. The van der Waals surface area contributed by atoms with E-state index in [0.29, 0.717) is 48.9 Å². The summed E-state index contributed by atoms with van der Waals surface area (Å²) in [5.74, 6) is 1.06. The molecule has 7 nitrogen and oxygen atoms in total. The zero-order valence-corrected chi connectivity index (χ0v) is 20.1. The lowest BCUT2D eigenvalue weighted by molar-refractivity contribution is -0.134. The third kappa shape index (κ3) is 5.47. The van der Waals surface area contributed by atoms with Gasteiger partial charge in [0, 0.05) is 17.5 Å². The van der Waals surface area contributed by atoms with Gasteiger partial charge in [0.05, 0.1) is 19.8 Å². The molecule has 180 valence electrons. The first-order valence-electron chi connectivity index (χ1n) is 11.5. The lowest BCUT2D eigenvalue weighted by Gasteiger charge is -2.39. The monoisotopic (exact) mass is 484 g/mol. The van der Waals surface area contributed by atoms with Crippen LogP contribution in [0.25, 0.3) is 6.08 Å². The molecule has 0 bridgehead atoms. The second kappa shape index (κ2) is 10.8. The van der Waals surface area contributed by atoms with E-state index in [1.54, 1.807) is 19.3 Å². The maximum Gasteiger partial charge on any atom is 0.286 e. The molecule has 4 rings (SSSR count). The highest BCUT2D eigenvalue weighted by molar-refractivity contribution is 6.32. The van der Waals surface area contributed by atoms with Gasteiger partial charge in [0.25, 0.3) is 5.91 Å². The van der Waals surface area contributed by atoms with Crippen molar-refractivity contribution in [2.75, 3.05) is 13.7 Å². The van der Waals surface area contributed by atoms with E-state index in [-0.39, 0.29) is 35.6 Å². The van der Waals surface area contributed by atoms with E-state index in [1.807, 2.05) is 43.3 Å². The summed E-state index contributed by atoms with van der Waals surface area (Å²) < 4.78 is 16.9. The van der Waals surface area contributed by atoms with E-state index in [9.17, 15) is 9.59 Å². The van der Waals surface area contributed by atoms with Crippen LogP contribution in [0, 0.1) is 5.92 Å². The molecule has 2 aliphatic rings. The van der Waals surface area contributed by atoms with E-state index >= 15 is 0 Å². The Hall–Kier alpha value is -3.19. The van der Waals surface area contributed by atoms with Gasteiger partial charge in [-0.05, 0) is 61.6 Å². The number of methoxy groups -OCH3 is 1. The fourth-order valence-electron chi connectivity index (χ4n) is 4.40. The van der Waals surface area contributed by atoms with Crippen molar-refractivity contribution in [3.63, 3.8) is 0 Å². The van der Waals surface area contributed by atoms with Gasteiger partial charge in [0.1, 0.15) is 6.10 Å². The van der Waals surface area contributed by atoms with Crippen LogP contribution in [0.5, 0.6) is 11.5 Å². The third-order valence-corrected chi connectivity index (χ3v) is 6.51. The van der Waals surface area contributed by atoms with Gasteiger partial charge >= 0.3 is 0 Å². The largest absolute Gasteiger partial charge is 0.493 e. The molecular weight excluding hydrogens is 456 g/mol. The minimum absolute atomic E-state index is 0.0288. The van der Waals surface area contributed by atoms with Gasteiger partial charge in [-0.25, -0.2) is 0 Å². The normalized spacial score (nSPS) is 22.9. The maximum absolute atomic E-state index is 12.9. The Kier molecular flexibility index (Phi) is 7.63. The van der Waals surface area contributed by atoms with Crippen molar-refractivity contribution in [3.05, 3.63) is 64.4 Å². The summed E-state index contributed by atoms with van der Waals surface area (Å²) in [5.41, 5.74) is 1.65. The average Bonchev–Trinajstić information content (AvgIpc) is 2.84. The summed E-state index contributed by atoms with van der Waals surface area (Å²) >= 11 is 6.21. The first-order chi connectivity index (χ1) is 16.5. The molecule has 3 atom stereocenters. The number of morpholine rings is 1. The molecule has 2 aromatic rings. The van der Waals surface area contributed by atoms with Gasteiger partial charge in [-0.1, -0.05) is 35.9 Å². The topological polar surface area (TPSA) is 85.9 Å². The fourth-order valence-corrected chi connectivity index (χ4v) is 4.59. The molecule has 1 aliphatic heterocycles. The summed E-state index contributed by atoms with van der Waals surface area (Å²) in [6.45, 7) is 2.83. The van der Waals surface area contributed by atoms with Crippen LogP contribution >= 0.6 is 11.6 Å². The van der Waals surface area contributed by atoms with Crippen LogP contribution in [-0.2, 0) is 20.9 Å². The number of hydrogen-bond acceptors (Lipinski definition) is 5. The summed E-state index contributed by atoms with van der Waals surface area (Å²) in [7, 11) is 1.60. The number of carbonyl (C=O) groups is 2. The number of ether oxygens (including phenoxy) is 3. The van der Waals surface area contributed by atoms with Crippen molar-refractivity contribution in [3.8, 4) is 11.5 Å². The number of benzene rings is 2. The lowest BCUT2D eigenvalue weighted by atomic mass is 9.82. The Morgan fingerprint density at radius 2 is 2.06 bits per heavy atom. The number of fused-ring (bicyclic) bond motifs is 1. The average molecular weight is 485 g/mol. The van der Waals surface area contributed by atoms with E-state index < -0.39 is 0 Å². The number of rotatable bonds is 7. The highest BCUT2D eigenvalue weighted by atomic mass is 35.5. The van der Waals surface area contributed by atoms with Crippen LogP contribution in [0.1, 0.15) is 37.3 Å². The molecule has 2 amide bonds. The Morgan fingerprint density at radius 3 is 2.82 bits per heavy atom. The van der Waals surface area contributed by atoms with E-state index in [4.69, 9.17) is 25.8 Å². The first kappa shape index (κ1) is 24.0. The molecular formula is C26H29ClN2O5. The van der Waals surface area contributed by atoms with E-state index in [1.165, 1.54) is 0 Å². The molecule has 1 saturated carbocycles. The quantitative estimate of drug-likeness (QED) is 0.578. The number of carbonyl (C=O) groups excluding carboxylic acids is 2. The number of halogens is 1. The van der Waals surface area contributed by atoms with Crippen LogP contribution in [-0.4, -0.2) is 37.7 Å². The molecule has 2 fully saturated rings. The highest BCUT2D eigenvalue weighted by Gasteiger charge is 2.40. The van der Waals surface area contributed by atoms with E-state index in [0.717, 1.165) is 11.1 Å². The lowest BCUT2D eigenvalue weighted by Crippen LogP contribution is -2.54. The predicted molar refractivity (Wildman–Crippen MR) is 130 cm³/mol. The van der Waals surface area contributed by atoms with Gasteiger partial charge in [-0.15, -0.1) is 0 Å². The Bertz CT molecular complexity index is 1090. The molecule has 0 radical (unpaired) electrons. The Morgan fingerprint density at radius 1 is 1.24 bits per heavy atom. The van der Waals surface area contributed by atoms with Gasteiger partial charge in [-0.3, -0.25) is 9.59 Å². The number of hydrogen-bond donors (Lipinski definition) is 2. The van der Waals surface area contributed by atoms with Crippen molar-refractivity contribution in [2.24, 2.45) is 5.92 Å². The van der Waals surface area contributed by atoms with Crippen molar-refractivity contribution >= 4 is 29.5 Å².